The minimum atomic E-state index is -2.84. The first kappa shape index (κ1) is 18.4. The van der Waals surface area contributed by atoms with Crippen LogP contribution in [0, 0.1) is 11.3 Å². The second kappa shape index (κ2) is 6.73. The van der Waals surface area contributed by atoms with Gasteiger partial charge >= 0.3 is 6.03 Å². The monoisotopic (exact) mass is 409 g/mol. The van der Waals surface area contributed by atoms with Crippen molar-refractivity contribution in [2.75, 3.05) is 5.32 Å². The van der Waals surface area contributed by atoms with Crippen molar-refractivity contribution in [2.24, 2.45) is 0 Å². The normalized spacial score (nSPS) is 19.5. The van der Waals surface area contributed by atoms with Gasteiger partial charge in [-0.15, -0.1) is 0 Å². The Morgan fingerprint density at radius 3 is 2.77 bits per heavy atom. The van der Waals surface area contributed by atoms with E-state index in [4.69, 9.17) is 5.10 Å². The Balaban J connectivity index is 1.76. The molecule has 2 amide bonds. The lowest BCUT2D eigenvalue weighted by atomic mass is 9.74. The average Bonchev–Trinajstić information content (AvgIpc) is 3.09. The molecular weight excluding hydrogens is 392 g/mol. The Kier molecular flexibility index (Phi) is 4.13. The Labute approximate surface area is 169 Å². The van der Waals surface area contributed by atoms with Crippen LogP contribution in [-0.2, 0) is 5.54 Å². The summed E-state index contributed by atoms with van der Waals surface area (Å²) in [5.74, 6) is 0.0445. The molecule has 0 unspecified atom stereocenters. The minimum Gasteiger partial charge on any atom is -0.325 e. The number of hydrogen-bond acceptors (Lipinski definition) is 5. The van der Waals surface area contributed by atoms with Gasteiger partial charge < -0.3 is 5.32 Å². The standard InChI is InChI=1S/C20H17F2N7O/c21-17(22)16-13-15(24-10-25-18(13)27-19(30)26-16)14-11-4-1-2-5-12(11)29(28-14)20(8-9-23)6-3-7-20/h1-2,4-5,10,16-17H,3,6-8H2,(H2,24,25,26,27,30)/t16-/m1/s1. The van der Waals surface area contributed by atoms with Crippen LogP contribution in [-0.4, -0.2) is 32.2 Å². The third-order valence-corrected chi connectivity index (χ3v) is 5.92. The van der Waals surface area contributed by atoms with Crippen molar-refractivity contribution in [3.63, 3.8) is 0 Å². The van der Waals surface area contributed by atoms with Crippen molar-refractivity contribution in [1.29, 1.82) is 5.26 Å². The van der Waals surface area contributed by atoms with Crippen molar-refractivity contribution >= 4 is 22.8 Å². The topological polar surface area (TPSA) is 109 Å². The molecule has 1 fully saturated rings. The maximum absolute atomic E-state index is 13.8. The van der Waals surface area contributed by atoms with E-state index in [9.17, 15) is 18.8 Å². The lowest BCUT2D eigenvalue weighted by Crippen LogP contribution is -2.42. The van der Waals surface area contributed by atoms with E-state index < -0.39 is 24.0 Å². The molecule has 1 aliphatic carbocycles. The first-order valence-corrected chi connectivity index (χ1v) is 9.60. The van der Waals surface area contributed by atoms with E-state index in [1.54, 1.807) is 0 Å². The number of fused-ring (bicyclic) bond motifs is 2. The number of alkyl halides is 2. The van der Waals surface area contributed by atoms with E-state index in [0.717, 1.165) is 30.2 Å². The minimum absolute atomic E-state index is 0.0445. The number of nitrogens with zero attached hydrogens (tertiary/aromatic N) is 5. The molecule has 0 radical (unpaired) electrons. The molecule has 152 valence electrons. The summed E-state index contributed by atoms with van der Waals surface area (Å²) in [6.45, 7) is 0. The van der Waals surface area contributed by atoms with Gasteiger partial charge in [0, 0.05) is 5.39 Å². The molecule has 1 saturated carbocycles. The van der Waals surface area contributed by atoms with E-state index in [1.165, 1.54) is 6.33 Å². The van der Waals surface area contributed by atoms with Gasteiger partial charge in [0.15, 0.2) is 0 Å². The van der Waals surface area contributed by atoms with Crippen molar-refractivity contribution < 1.29 is 13.6 Å². The lowest BCUT2D eigenvalue weighted by molar-refractivity contribution is 0.101. The molecule has 0 spiro atoms. The number of nitriles is 1. The van der Waals surface area contributed by atoms with Crippen LogP contribution in [0.4, 0.5) is 19.4 Å². The molecular formula is C20H17F2N7O. The first-order valence-electron chi connectivity index (χ1n) is 9.60. The van der Waals surface area contributed by atoms with Gasteiger partial charge in [-0.2, -0.15) is 10.4 Å². The molecule has 1 aliphatic heterocycles. The van der Waals surface area contributed by atoms with E-state index in [1.807, 2.05) is 28.9 Å². The van der Waals surface area contributed by atoms with Crippen LogP contribution in [0.5, 0.6) is 0 Å². The fourth-order valence-electron chi connectivity index (χ4n) is 4.32. The fraction of sp³-hybridized carbons (Fsp3) is 0.350. The van der Waals surface area contributed by atoms with Crippen LogP contribution in [0.15, 0.2) is 30.6 Å². The Bertz CT molecular complexity index is 1200. The third-order valence-electron chi connectivity index (χ3n) is 5.92. The predicted molar refractivity (Wildman–Crippen MR) is 104 cm³/mol. The maximum atomic E-state index is 13.8. The van der Waals surface area contributed by atoms with E-state index in [2.05, 4.69) is 26.7 Å². The highest BCUT2D eigenvalue weighted by Crippen LogP contribution is 2.45. The van der Waals surface area contributed by atoms with Gasteiger partial charge in [-0.1, -0.05) is 18.2 Å². The van der Waals surface area contributed by atoms with Crippen LogP contribution < -0.4 is 10.6 Å². The molecule has 0 bridgehead atoms. The Hall–Kier alpha value is -3.61. The molecule has 2 N–H and O–H groups in total. The van der Waals surface area contributed by atoms with Gasteiger partial charge in [0.05, 0.1) is 29.1 Å². The van der Waals surface area contributed by atoms with Gasteiger partial charge in [-0.05, 0) is 25.3 Å². The van der Waals surface area contributed by atoms with Gasteiger partial charge in [0.2, 0.25) is 0 Å². The maximum Gasteiger partial charge on any atom is 0.321 e. The van der Waals surface area contributed by atoms with Crippen LogP contribution in [0.2, 0.25) is 0 Å². The second-order valence-electron chi connectivity index (χ2n) is 7.59. The summed E-state index contributed by atoms with van der Waals surface area (Å²) >= 11 is 0. The predicted octanol–water partition coefficient (Wildman–Crippen LogP) is 3.73. The van der Waals surface area contributed by atoms with Crippen molar-refractivity contribution in [3.05, 3.63) is 36.2 Å². The molecule has 2 aliphatic rings. The van der Waals surface area contributed by atoms with E-state index in [-0.39, 0.29) is 17.1 Å². The summed E-state index contributed by atoms with van der Waals surface area (Å²) in [4.78, 5) is 20.1. The average molecular weight is 409 g/mol. The molecule has 2 aromatic heterocycles. The fourth-order valence-corrected chi connectivity index (χ4v) is 4.32. The summed E-state index contributed by atoms with van der Waals surface area (Å²) in [5.41, 5.74) is 1.17. The summed E-state index contributed by atoms with van der Waals surface area (Å²) in [6.07, 6.45) is 1.35. The molecule has 1 aromatic carbocycles. The molecule has 3 heterocycles. The van der Waals surface area contributed by atoms with Gasteiger partial charge in [0.1, 0.15) is 29.6 Å². The first-order chi connectivity index (χ1) is 14.5. The number of carbonyl (C=O) groups excluding carboxylic acids is 1. The Morgan fingerprint density at radius 2 is 2.07 bits per heavy atom. The number of amides is 2. The summed E-state index contributed by atoms with van der Waals surface area (Å²) in [5, 5.41) is 19.6. The van der Waals surface area contributed by atoms with E-state index >= 15 is 0 Å². The zero-order chi connectivity index (χ0) is 20.9. The summed E-state index contributed by atoms with van der Waals surface area (Å²) < 4.78 is 29.4. The number of halogens is 2. The molecule has 1 atom stereocenters. The van der Waals surface area contributed by atoms with Crippen molar-refractivity contribution in [3.8, 4) is 17.5 Å². The van der Waals surface area contributed by atoms with Crippen LogP contribution >= 0.6 is 0 Å². The van der Waals surface area contributed by atoms with Crippen LogP contribution in [0.1, 0.15) is 37.3 Å². The highest BCUT2D eigenvalue weighted by atomic mass is 19.3. The number of urea groups is 1. The number of carbonyl (C=O) groups is 1. The molecule has 0 saturated heterocycles. The number of benzene rings is 1. The highest BCUT2D eigenvalue weighted by molar-refractivity contribution is 5.97. The zero-order valence-corrected chi connectivity index (χ0v) is 15.8. The number of aromatic nitrogens is 4. The SMILES string of the molecule is N#CCC1(n2nc(-c3ncnc4c3[C@H](C(F)F)NC(=O)N4)c3ccccc32)CCC1. The number of para-hydroxylation sites is 1. The lowest BCUT2D eigenvalue weighted by Gasteiger charge is -2.40. The molecule has 5 rings (SSSR count). The van der Waals surface area contributed by atoms with Crippen molar-refractivity contribution in [1.82, 2.24) is 25.1 Å². The second-order valence-corrected chi connectivity index (χ2v) is 7.59. The van der Waals surface area contributed by atoms with E-state index in [0.29, 0.717) is 12.1 Å². The number of rotatable bonds is 4. The molecule has 8 nitrogen and oxygen atoms in total. The largest absolute Gasteiger partial charge is 0.325 e. The van der Waals surface area contributed by atoms with Gasteiger partial charge in [-0.3, -0.25) is 10.00 Å². The number of anilines is 1. The summed E-state index contributed by atoms with van der Waals surface area (Å²) in [6, 6.07) is 7.44. The molecule has 3 aromatic rings. The van der Waals surface area contributed by atoms with Gasteiger partial charge in [0.25, 0.3) is 6.43 Å². The smallest absolute Gasteiger partial charge is 0.321 e. The number of hydrogen-bond donors (Lipinski definition) is 2. The van der Waals surface area contributed by atoms with Crippen molar-refractivity contribution in [2.45, 2.75) is 43.7 Å². The quantitative estimate of drug-likeness (QED) is 0.683. The van der Waals surface area contributed by atoms with Crippen LogP contribution in [0.25, 0.3) is 22.3 Å². The molecule has 30 heavy (non-hydrogen) atoms. The van der Waals surface area contributed by atoms with Crippen LogP contribution in [0.3, 0.4) is 0 Å². The summed E-state index contributed by atoms with van der Waals surface area (Å²) in [7, 11) is 0. The molecule has 10 heteroatoms. The zero-order valence-electron chi connectivity index (χ0n) is 15.8. The number of nitrogens with one attached hydrogen (secondary N) is 2. The third kappa shape index (κ3) is 2.62. The highest BCUT2D eigenvalue weighted by Gasteiger charge is 2.42. The van der Waals surface area contributed by atoms with Gasteiger partial charge in [-0.25, -0.2) is 23.5 Å². The Morgan fingerprint density at radius 1 is 1.27 bits per heavy atom.